The van der Waals surface area contributed by atoms with Crippen LogP contribution in [0.5, 0.6) is 0 Å². The fourth-order valence-corrected chi connectivity index (χ4v) is 3.73. The maximum absolute atomic E-state index is 9.00. The van der Waals surface area contributed by atoms with E-state index in [0.29, 0.717) is 25.2 Å². The largest absolute Gasteiger partial charge is 0.679 e. The van der Waals surface area contributed by atoms with Crippen molar-refractivity contribution in [1.29, 1.82) is 0 Å². The van der Waals surface area contributed by atoms with Gasteiger partial charge in [0.2, 0.25) is 0 Å². The van der Waals surface area contributed by atoms with Gasteiger partial charge < -0.3 is 32.7 Å². The molecule has 2 fully saturated rings. The van der Waals surface area contributed by atoms with Gasteiger partial charge >= 0.3 is 0 Å². The van der Waals surface area contributed by atoms with Gasteiger partial charge in [-0.1, -0.05) is 89.9 Å². The molecule has 0 aromatic heterocycles. The standard InChI is InChI=1S/2C10H20N2.C2H4O2.Cu.H2O/c2*11-8-9-12-10-6-4-2-1-3-5-7-10;1-2(3)4;;/h2*10-11H,1-9H2;1H3,(H,3,4);;1H2/q2*-2;;;. The summed E-state index contributed by atoms with van der Waals surface area (Å²) < 4.78 is 0. The Balaban J connectivity index is -0.000000391. The molecular weight excluding hydrogens is 432 g/mol. The van der Waals surface area contributed by atoms with Crippen molar-refractivity contribution >= 4 is 5.97 Å². The molecule has 0 saturated heterocycles. The fraction of sp³-hybridized carbons (Fsp3) is 0.955. The van der Waals surface area contributed by atoms with Crippen molar-refractivity contribution in [2.24, 2.45) is 0 Å². The third-order valence-corrected chi connectivity index (χ3v) is 5.15. The van der Waals surface area contributed by atoms with Gasteiger partial charge in [0.05, 0.1) is 0 Å². The van der Waals surface area contributed by atoms with E-state index in [9.17, 15) is 0 Å². The van der Waals surface area contributed by atoms with E-state index in [1.54, 1.807) is 0 Å². The molecule has 8 heteroatoms. The first-order valence-electron chi connectivity index (χ1n) is 11.4. The number of nitrogens with zero attached hydrogens (tertiary/aromatic N) is 2. The van der Waals surface area contributed by atoms with Crippen LogP contribution in [0, 0.1) is 0 Å². The smallest absolute Gasteiger partial charge is 0.300 e. The van der Waals surface area contributed by atoms with Crippen molar-refractivity contribution in [3.05, 3.63) is 22.1 Å². The van der Waals surface area contributed by atoms with Crippen LogP contribution in [-0.2, 0) is 21.9 Å². The molecule has 2 rings (SSSR count). The number of hydrogen-bond donors (Lipinski definition) is 1. The van der Waals surface area contributed by atoms with Gasteiger partial charge in [-0.15, -0.1) is 12.1 Å². The number of carbonyl (C=O) groups is 1. The molecule has 187 valence electrons. The van der Waals surface area contributed by atoms with E-state index in [2.05, 4.69) is 10.6 Å². The van der Waals surface area contributed by atoms with E-state index in [-0.39, 0.29) is 22.5 Å². The Hall–Kier alpha value is -0.211. The zero-order chi connectivity index (χ0) is 20.9. The molecule has 2 saturated carbocycles. The van der Waals surface area contributed by atoms with Crippen LogP contribution in [-0.4, -0.2) is 54.8 Å². The van der Waals surface area contributed by atoms with Crippen molar-refractivity contribution < 1.29 is 32.4 Å². The fourth-order valence-electron chi connectivity index (χ4n) is 3.73. The molecule has 0 spiro atoms. The molecule has 0 unspecified atom stereocenters. The quantitative estimate of drug-likeness (QED) is 0.446. The van der Waals surface area contributed by atoms with Gasteiger partial charge in [-0.2, -0.15) is 26.2 Å². The van der Waals surface area contributed by atoms with E-state index >= 15 is 0 Å². The second-order valence-electron chi connectivity index (χ2n) is 7.83. The van der Waals surface area contributed by atoms with Gasteiger partial charge in [-0.25, -0.2) is 0 Å². The molecule has 5 N–H and O–H groups in total. The number of aliphatic carboxylic acids is 1. The molecule has 0 bridgehead atoms. The van der Waals surface area contributed by atoms with E-state index < -0.39 is 5.97 Å². The minimum Gasteiger partial charge on any atom is -0.679 e. The van der Waals surface area contributed by atoms with Crippen LogP contribution in [0.1, 0.15) is 96.8 Å². The second kappa shape index (κ2) is 26.8. The Morgan fingerprint density at radius 3 is 1.20 bits per heavy atom. The van der Waals surface area contributed by atoms with Gasteiger partial charge in [0, 0.05) is 24.0 Å². The topological polar surface area (TPSA) is 145 Å². The average Bonchev–Trinajstić information content (AvgIpc) is 2.60. The first-order valence-corrected chi connectivity index (χ1v) is 11.4. The molecule has 7 nitrogen and oxygen atoms in total. The molecule has 0 heterocycles. The molecule has 2 aliphatic rings. The molecule has 0 amide bonds. The maximum atomic E-state index is 9.00. The number of hydrogen-bond acceptors (Lipinski definition) is 1. The van der Waals surface area contributed by atoms with Crippen LogP contribution in [0.3, 0.4) is 0 Å². The molecule has 1 radical (unpaired) electrons. The van der Waals surface area contributed by atoms with Crippen molar-refractivity contribution in [3.63, 3.8) is 0 Å². The summed E-state index contributed by atoms with van der Waals surface area (Å²) in [5, 5.41) is 16.4. The SMILES string of the molecule is CC(=O)O.O.[Cu].[NH-]CC[N-]C1CCCCCCC1.[NH-]CC[N-]C1CCCCCCC1. The summed E-state index contributed by atoms with van der Waals surface area (Å²) in [6.45, 7) is 3.53. The first-order chi connectivity index (χ1) is 13.6. The van der Waals surface area contributed by atoms with Crippen molar-refractivity contribution in [2.75, 3.05) is 26.2 Å². The normalized spacial score (nSPS) is 18.2. The molecule has 0 aliphatic heterocycles. The van der Waals surface area contributed by atoms with Gasteiger partial charge in [-0.05, 0) is 0 Å². The van der Waals surface area contributed by atoms with E-state index in [1.165, 1.54) is 89.9 Å². The van der Waals surface area contributed by atoms with Crippen molar-refractivity contribution in [2.45, 2.75) is 109 Å². The molecule has 2 aliphatic carbocycles. The summed E-state index contributed by atoms with van der Waals surface area (Å²) in [6, 6.07) is 1.19. The maximum Gasteiger partial charge on any atom is 0.300 e. The van der Waals surface area contributed by atoms with Crippen LogP contribution in [0.4, 0.5) is 0 Å². The number of nitrogens with one attached hydrogen (secondary N) is 2. The summed E-state index contributed by atoms with van der Waals surface area (Å²) in [7, 11) is 0. The third-order valence-electron chi connectivity index (χ3n) is 5.15. The summed E-state index contributed by atoms with van der Waals surface area (Å²) >= 11 is 0. The van der Waals surface area contributed by atoms with Gasteiger partial charge in [-0.3, -0.25) is 4.79 Å². The summed E-state index contributed by atoms with van der Waals surface area (Å²) in [5.74, 6) is -0.833. The van der Waals surface area contributed by atoms with E-state index in [4.69, 9.17) is 21.4 Å². The van der Waals surface area contributed by atoms with Gasteiger partial charge in [0.25, 0.3) is 5.97 Å². The predicted octanol–water partition coefficient (Wildman–Crippen LogP) is 6.31. The van der Waals surface area contributed by atoms with Gasteiger partial charge in [0.15, 0.2) is 0 Å². The molecule has 0 atom stereocenters. The first kappa shape index (κ1) is 34.4. The van der Waals surface area contributed by atoms with Crippen LogP contribution in [0.15, 0.2) is 0 Å². The number of carboxylic acid groups (broad SMARTS) is 1. The van der Waals surface area contributed by atoms with Crippen molar-refractivity contribution in [1.82, 2.24) is 0 Å². The summed E-state index contributed by atoms with van der Waals surface area (Å²) in [5.41, 5.74) is 14.1. The van der Waals surface area contributed by atoms with Gasteiger partial charge in [0.1, 0.15) is 0 Å². The Bertz CT molecular complexity index is 301. The molecule has 0 aromatic carbocycles. The minimum absolute atomic E-state index is 0. The number of carboxylic acids is 1. The third kappa shape index (κ3) is 25.8. The Labute approximate surface area is 195 Å². The zero-order valence-electron chi connectivity index (χ0n) is 18.9. The minimum atomic E-state index is -0.833. The monoisotopic (exact) mass is 477 g/mol. The zero-order valence-corrected chi connectivity index (χ0v) is 19.9. The molecule has 30 heavy (non-hydrogen) atoms. The van der Waals surface area contributed by atoms with Crippen molar-refractivity contribution in [3.8, 4) is 0 Å². The van der Waals surface area contributed by atoms with E-state index in [0.717, 1.165) is 20.0 Å². The average molecular weight is 478 g/mol. The van der Waals surface area contributed by atoms with E-state index in [1.807, 2.05) is 0 Å². The number of rotatable bonds is 6. The second-order valence-corrected chi connectivity index (χ2v) is 7.83. The molecular formula is C22H46CuN4O3-4. The Morgan fingerprint density at radius 1 is 0.733 bits per heavy atom. The van der Waals surface area contributed by atoms with Crippen LogP contribution in [0.25, 0.3) is 22.1 Å². The Kier molecular flexibility index (Phi) is 30.8. The predicted molar refractivity (Wildman–Crippen MR) is 124 cm³/mol. The Morgan fingerprint density at radius 2 is 0.967 bits per heavy atom. The van der Waals surface area contributed by atoms with Crippen LogP contribution < -0.4 is 0 Å². The summed E-state index contributed by atoms with van der Waals surface area (Å²) in [4.78, 5) is 9.00. The molecule has 0 aromatic rings. The van der Waals surface area contributed by atoms with Crippen LogP contribution >= 0.6 is 0 Å². The van der Waals surface area contributed by atoms with Crippen LogP contribution in [0.2, 0.25) is 0 Å². The summed E-state index contributed by atoms with van der Waals surface area (Å²) in [6.07, 6.45) is 19.0.